The summed E-state index contributed by atoms with van der Waals surface area (Å²) in [6.45, 7) is 11.7. The summed E-state index contributed by atoms with van der Waals surface area (Å²) in [5, 5.41) is 10.6. The summed E-state index contributed by atoms with van der Waals surface area (Å²) in [5.74, 6) is -1.29. The molecule has 10 nitrogen and oxygen atoms in total. The molecule has 0 N–H and O–H groups in total. The molecule has 180 valence electrons. The number of aromatic nitrogens is 5. The van der Waals surface area contributed by atoms with Crippen molar-refractivity contribution in [2.24, 2.45) is 0 Å². The van der Waals surface area contributed by atoms with Crippen LogP contribution >= 0.6 is 0 Å². The predicted octanol–water partition coefficient (Wildman–Crippen LogP) is 2.02. The minimum atomic E-state index is -0.614. The van der Waals surface area contributed by atoms with Gasteiger partial charge in [0.05, 0.1) is 31.7 Å². The molecule has 1 aromatic carbocycles. The molecular formula is C23H22F2N8O2. The Balaban J connectivity index is 1.21. The number of halogens is 2. The first-order valence-corrected chi connectivity index (χ1v) is 11.1. The third-order valence-corrected chi connectivity index (χ3v) is 6.53. The van der Waals surface area contributed by atoms with Gasteiger partial charge in [-0.1, -0.05) is 6.07 Å². The highest BCUT2D eigenvalue weighted by atomic mass is 19.1. The summed E-state index contributed by atoms with van der Waals surface area (Å²) >= 11 is 0. The van der Waals surface area contributed by atoms with Gasteiger partial charge in [0.25, 0.3) is 0 Å². The normalized spacial score (nSPS) is 20.3. The second kappa shape index (κ2) is 9.44. The lowest BCUT2D eigenvalue weighted by molar-refractivity contribution is -0.139. The molecule has 2 aliphatic heterocycles. The van der Waals surface area contributed by atoms with Gasteiger partial charge in [0, 0.05) is 32.4 Å². The number of ether oxygens (including phenoxy) is 1. The van der Waals surface area contributed by atoms with E-state index in [1.54, 1.807) is 17.9 Å². The van der Waals surface area contributed by atoms with Crippen LogP contribution in [-0.2, 0) is 16.0 Å². The summed E-state index contributed by atoms with van der Waals surface area (Å²) in [6, 6.07) is 4.30. The number of carbonyl (C=O) groups excluding carboxylic acids is 1. The van der Waals surface area contributed by atoms with Gasteiger partial charge >= 0.3 is 0 Å². The fourth-order valence-electron chi connectivity index (χ4n) is 4.65. The van der Waals surface area contributed by atoms with Crippen LogP contribution in [0.3, 0.4) is 0 Å². The molecule has 4 heterocycles. The van der Waals surface area contributed by atoms with Crippen molar-refractivity contribution >= 4 is 11.6 Å². The number of morpholine rings is 1. The minimum absolute atomic E-state index is 0.0283. The lowest BCUT2D eigenvalue weighted by Gasteiger charge is -2.46. The van der Waals surface area contributed by atoms with Gasteiger partial charge in [-0.05, 0) is 46.2 Å². The van der Waals surface area contributed by atoms with Gasteiger partial charge in [0.15, 0.2) is 11.6 Å². The topological polar surface area (TPSA) is 93.6 Å². The highest BCUT2D eigenvalue weighted by molar-refractivity contribution is 5.79. The second-order valence-corrected chi connectivity index (χ2v) is 8.61. The molecule has 3 aromatic rings. The van der Waals surface area contributed by atoms with Crippen molar-refractivity contribution in [1.82, 2.24) is 35.0 Å². The zero-order chi connectivity index (χ0) is 24.5. The lowest BCUT2D eigenvalue weighted by atomic mass is 9.98. The van der Waals surface area contributed by atoms with Crippen LogP contribution in [0.2, 0.25) is 0 Å². The second-order valence-electron chi connectivity index (χ2n) is 8.61. The molecular weight excluding hydrogens is 458 g/mol. The van der Waals surface area contributed by atoms with E-state index in [2.05, 4.69) is 30.3 Å². The summed E-state index contributed by atoms with van der Waals surface area (Å²) < 4.78 is 35.5. The minimum Gasteiger partial charge on any atom is -0.371 e. The van der Waals surface area contributed by atoms with E-state index in [1.165, 1.54) is 24.7 Å². The maximum atomic E-state index is 14.4. The summed E-state index contributed by atoms with van der Waals surface area (Å²) in [7, 11) is 0. The number of carbonyl (C=O) groups is 1. The average Bonchev–Trinajstić information content (AvgIpc) is 3.38. The third kappa shape index (κ3) is 4.48. The smallest absolute Gasteiger partial charge is 0.227 e. The van der Waals surface area contributed by atoms with Crippen molar-refractivity contribution in [1.29, 1.82) is 0 Å². The zero-order valence-corrected chi connectivity index (χ0v) is 18.9. The number of piperazine rings is 1. The van der Waals surface area contributed by atoms with Gasteiger partial charge in [-0.3, -0.25) is 9.69 Å². The monoisotopic (exact) mass is 480 g/mol. The molecule has 2 atom stereocenters. The van der Waals surface area contributed by atoms with Crippen molar-refractivity contribution < 1.29 is 18.3 Å². The van der Waals surface area contributed by atoms with Gasteiger partial charge in [-0.25, -0.2) is 18.6 Å². The predicted molar refractivity (Wildman–Crippen MR) is 119 cm³/mol. The van der Waals surface area contributed by atoms with Crippen molar-refractivity contribution in [2.45, 2.75) is 25.5 Å². The van der Waals surface area contributed by atoms with Crippen LogP contribution in [0.4, 0.5) is 14.5 Å². The van der Waals surface area contributed by atoms with E-state index in [0.29, 0.717) is 43.9 Å². The first-order valence-electron chi connectivity index (χ1n) is 11.1. The van der Waals surface area contributed by atoms with E-state index >= 15 is 0 Å². The van der Waals surface area contributed by atoms with Gasteiger partial charge < -0.3 is 9.64 Å². The summed E-state index contributed by atoms with van der Waals surface area (Å²) in [5.41, 5.74) is 1.91. The van der Waals surface area contributed by atoms with E-state index < -0.39 is 11.6 Å². The first kappa shape index (κ1) is 22.9. The molecule has 1 amide bonds. The van der Waals surface area contributed by atoms with E-state index in [1.807, 2.05) is 0 Å². The Morgan fingerprint density at radius 1 is 1.26 bits per heavy atom. The number of hydrogen-bond acceptors (Lipinski definition) is 7. The third-order valence-electron chi connectivity index (χ3n) is 6.53. The van der Waals surface area contributed by atoms with Crippen molar-refractivity contribution in [3.63, 3.8) is 0 Å². The number of rotatable bonds is 4. The Bertz CT molecular complexity index is 1290. The maximum Gasteiger partial charge on any atom is 0.227 e. The number of nitrogens with zero attached hydrogens (tertiary/aromatic N) is 8. The van der Waals surface area contributed by atoms with Crippen molar-refractivity contribution in [3.05, 3.63) is 70.5 Å². The molecule has 0 saturated carbocycles. The Morgan fingerprint density at radius 3 is 2.86 bits per heavy atom. The Kier molecular flexibility index (Phi) is 6.19. The van der Waals surface area contributed by atoms with Crippen molar-refractivity contribution in [2.75, 3.05) is 32.8 Å². The standard InChI is InChI=1S/C23H22F2N8O2/c1-14-17(3-4-18(24)22(14)26-2)20-11-31-5-6-32(10-16(31)12-35-20)21(34)8-15-7-19(25)23(27-9-15)33-13-28-29-30-33/h3-4,7,9,13,16,20H,5-6,8,10-12H2,1H3/t16-,20+/m1/s1. The molecule has 0 spiro atoms. The Labute approximate surface area is 199 Å². The number of benzene rings is 1. The van der Waals surface area contributed by atoms with Gasteiger partial charge in [0.1, 0.15) is 12.1 Å². The van der Waals surface area contributed by atoms with Gasteiger partial charge in [-0.15, -0.1) is 5.10 Å². The fourth-order valence-corrected chi connectivity index (χ4v) is 4.65. The van der Waals surface area contributed by atoms with Crippen LogP contribution in [-0.4, -0.2) is 79.7 Å². The van der Waals surface area contributed by atoms with Crippen LogP contribution in [0.1, 0.15) is 22.8 Å². The molecule has 0 aliphatic carbocycles. The van der Waals surface area contributed by atoms with Crippen LogP contribution in [0.25, 0.3) is 10.7 Å². The Morgan fingerprint density at radius 2 is 2.11 bits per heavy atom. The molecule has 2 fully saturated rings. The molecule has 35 heavy (non-hydrogen) atoms. The van der Waals surface area contributed by atoms with E-state index in [9.17, 15) is 13.6 Å². The van der Waals surface area contributed by atoms with Gasteiger partial charge in [0.2, 0.25) is 11.6 Å². The number of tetrazole rings is 1. The summed E-state index contributed by atoms with van der Waals surface area (Å²) in [4.78, 5) is 24.3. The lowest BCUT2D eigenvalue weighted by Crippen LogP contribution is -2.59. The summed E-state index contributed by atoms with van der Waals surface area (Å²) in [6.07, 6.45) is 2.46. The molecule has 2 aromatic heterocycles. The zero-order valence-electron chi connectivity index (χ0n) is 18.9. The molecule has 5 rings (SSSR count). The van der Waals surface area contributed by atoms with Crippen molar-refractivity contribution in [3.8, 4) is 5.82 Å². The van der Waals surface area contributed by atoms with E-state index in [4.69, 9.17) is 11.3 Å². The molecule has 0 bridgehead atoms. The van der Waals surface area contributed by atoms with E-state index in [0.717, 1.165) is 10.2 Å². The number of pyridine rings is 1. The molecule has 2 aliphatic rings. The average molecular weight is 480 g/mol. The highest BCUT2D eigenvalue weighted by Gasteiger charge is 2.36. The quantitative estimate of drug-likeness (QED) is 0.528. The highest BCUT2D eigenvalue weighted by Crippen LogP contribution is 2.34. The van der Waals surface area contributed by atoms with Crippen LogP contribution in [0.15, 0.2) is 30.7 Å². The largest absolute Gasteiger partial charge is 0.371 e. The van der Waals surface area contributed by atoms with E-state index in [-0.39, 0.29) is 36.0 Å². The molecule has 12 heteroatoms. The number of hydrogen-bond donors (Lipinski definition) is 0. The van der Waals surface area contributed by atoms with Gasteiger partial charge in [-0.2, -0.15) is 4.68 Å². The SMILES string of the molecule is [C-]#[N+]c1c(F)ccc([C@@H]2CN3CCN(C(=O)Cc4cnc(-n5cnnn5)c(F)c4)C[C@@H]3CO2)c1C. The number of amides is 1. The number of fused-ring (bicyclic) bond motifs is 1. The Hall–Kier alpha value is -3.82. The van der Waals surface area contributed by atoms with Crippen LogP contribution in [0.5, 0.6) is 0 Å². The molecule has 0 unspecified atom stereocenters. The van der Waals surface area contributed by atoms with Crippen LogP contribution in [0, 0.1) is 25.1 Å². The first-order chi connectivity index (χ1) is 16.9. The van der Waals surface area contributed by atoms with Crippen LogP contribution < -0.4 is 0 Å². The fraction of sp³-hybridized carbons (Fsp3) is 0.391. The molecule has 2 saturated heterocycles. The maximum absolute atomic E-state index is 14.4. The molecule has 0 radical (unpaired) electrons.